The largest absolute Gasteiger partial charge is 0.333 e. The summed E-state index contributed by atoms with van der Waals surface area (Å²) >= 11 is 0. The molecule has 0 N–H and O–H groups in total. The molecule has 0 unspecified atom stereocenters. The highest BCUT2D eigenvalue weighted by Gasteiger charge is 2.32. The van der Waals surface area contributed by atoms with Gasteiger partial charge in [-0.3, -0.25) is 10.1 Å². The first-order chi connectivity index (χ1) is 8.89. The second-order valence-corrected chi connectivity index (χ2v) is 6.57. The molecule has 0 saturated carbocycles. The van der Waals surface area contributed by atoms with Gasteiger partial charge in [0.2, 0.25) is 9.84 Å². The van der Waals surface area contributed by atoms with Crippen LogP contribution in [0.5, 0.6) is 0 Å². The summed E-state index contributed by atoms with van der Waals surface area (Å²) in [5, 5.41) is 14.6. The molecule has 2 aromatic rings. The molecule has 0 amide bonds. The quantitative estimate of drug-likeness (QED) is 0.607. The predicted molar refractivity (Wildman–Crippen MR) is 67.0 cm³/mol. The predicted octanol–water partition coefficient (Wildman–Crippen LogP) is 1.13. The van der Waals surface area contributed by atoms with Gasteiger partial charge in [0.15, 0.2) is 0 Å². The van der Waals surface area contributed by atoms with Crippen LogP contribution in [-0.2, 0) is 22.7 Å². The maximum Gasteiger partial charge on any atom is 0.333 e. The minimum absolute atomic E-state index is 0.242. The van der Waals surface area contributed by atoms with Crippen LogP contribution >= 0.6 is 0 Å². The average molecular weight is 281 g/mol. The lowest BCUT2D eigenvalue weighted by Gasteiger charge is -2.00. The van der Waals surface area contributed by atoms with Crippen LogP contribution < -0.4 is 0 Å². The average Bonchev–Trinajstić information content (AvgIpc) is 2.90. The third kappa shape index (κ3) is 1.71. The number of fused-ring (bicyclic) bond motifs is 3. The first-order valence-corrected chi connectivity index (χ1v) is 7.66. The first kappa shape index (κ1) is 12.1. The fourth-order valence-corrected chi connectivity index (χ4v) is 3.29. The van der Waals surface area contributed by atoms with Crippen molar-refractivity contribution in [1.82, 2.24) is 9.61 Å². The summed E-state index contributed by atoms with van der Waals surface area (Å²) in [5.74, 6) is 0. The van der Waals surface area contributed by atoms with E-state index in [1.165, 1.54) is 4.52 Å². The second-order valence-electron chi connectivity index (χ2n) is 4.64. The lowest BCUT2D eigenvalue weighted by molar-refractivity contribution is -0.386. The SMILES string of the molecule is CS(=O)(=O)c1nn2c3c(ccc2c1[N+](=O)[O-])CCC3. The Morgan fingerprint density at radius 2 is 2.11 bits per heavy atom. The van der Waals surface area contributed by atoms with E-state index < -0.39 is 25.5 Å². The summed E-state index contributed by atoms with van der Waals surface area (Å²) < 4.78 is 24.7. The minimum atomic E-state index is -3.73. The third-order valence-corrected chi connectivity index (χ3v) is 4.30. The molecule has 0 bridgehead atoms. The van der Waals surface area contributed by atoms with E-state index >= 15 is 0 Å². The molecule has 7 nitrogen and oxygen atoms in total. The molecule has 0 aliphatic heterocycles. The number of rotatable bonds is 2. The van der Waals surface area contributed by atoms with E-state index in [0.29, 0.717) is 0 Å². The van der Waals surface area contributed by atoms with Gasteiger partial charge in [0.25, 0.3) is 5.03 Å². The number of hydrogen-bond donors (Lipinski definition) is 0. The molecular formula is C11H11N3O4S. The fourth-order valence-electron chi connectivity index (χ4n) is 2.53. The molecule has 0 fully saturated rings. The Morgan fingerprint density at radius 1 is 1.37 bits per heavy atom. The van der Waals surface area contributed by atoms with Crippen LogP contribution in [0.4, 0.5) is 5.69 Å². The highest BCUT2D eigenvalue weighted by molar-refractivity contribution is 7.90. The molecular weight excluding hydrogens is 270 g/mol. The maximum atomic E-state index is 11.6. The lowest BCUT2D eigenvalue weighted by Crippen LogP contribution is -2.02. The number of pyridine rings is 1. The highest BCUT2D eigenvalue weighted by atomic mass is 32.2. The van der Waals surface area contributed by atoms with E-state index in [2.05, 4.69) is 5.10 Å². The number of nitro groups is 1. The van der Waals surface area contributed by atoms with Crippen molar-refractivity contribution < 1.29 is 13.3 Å². The minimum Gasteiger partial charge on any atom is -0.258 e. The number of hydrogen-bond acceptors (Lipinski definition) is 5. The molecule has 19 heavy (non-hydrogen) atoms. The standard InChI is InChI=1S/C11H11N3O4S/c1-19(17,18)11-10(14(15)16)9-6-5-7-3-2-4-8(7)13(9)12-11/h5-6H,2-4H2,1H3. The van der Waals surface area contributed by atoms with Crippen LogP contribution in [-0.4, -0.2) is 29.2 Å². The van der Waals surface area contributed by atoms with E-state index in [-0.39, 0.29) is 5.52 Å². The zero-order chi connectivity index (χ0) is 13.8. The second kappa shape index (κ2) is 3.77. The Morgan fingerprint density at radius 3 is 2.74 bits per heavy atom. The number of sulfone groups is 1. The van der Waals surface area contributed by atoms with Crippen molar-refractivity contribution in [2.75, 3.05) is 6.26 Å². The molecule has 0 saturated heterocycles. The summed E-state index contributed by atoms with van der Waals surface area (Å²) in [4.78, 5) is 10.5. The number of aromatic nitrogens is 2. The topological polar surface area (TPSA) is 94.6 Å². The van der Waals surface area contributed by atoms with E-state index in [1.807, 2.05) is 6.07 Å². The van der Waals surface area contributed by atoms with E-state index in [0.717, 1.165) is 36.8 Å². The molecule has 8 heteroatoms. The first-order valence-electron chi connectivity index (χ1n) is 5.77. The Labute approximate surface area is 108 Å². The molecule has 0 atom stereocenters. The van der Waals surface area contributed by atoms with Crippen molar-refractivity contribution in [3.05, 3.63) is 33.5 Å². The maximum absolute atomic E-state index is 11.6. The Kier molecular flexibility index (Phi) is 2.40. The van der Waals surface area contributed by atoms with E-state index in [9.17, 15) is 18.5 Å². The molecule has 2 heterocycles. The van der Waals surface area contributed by atoms with Gasteiger partial charge in [0.05, 0.1) is 4.92 Å². The van der Waals surface area contributed by atoms with Gasteiger partial charge in [-0.1, -0.05) is 6.07 Å². The monoisotopic (exact) mass is 281 g/mol. The van der Waals surface area contributed by atoms with Gasteiger partial charge in [0, 0.05) is 11.9 Å². The summed E-state index contributed by atoms with van der Waals surface area (Å²) in [6.07, 6.45) is 3.54. The smallest absolute Gasteiger partial charge is 0.258 e. The Balaban J connectivity index is 2.46. The van der Waals surface area contributed by atoms with Crippen LogP contribution in [0.1, 0.15) is 17.7 Å². The van der Waals surface area contributed by atoms with Crippen LogP contribution in [0.2, 0.25) is 0 Å². The molecule has 3 rings (SSSR count). The summed E-state index contributed by atoms with van der Waals surface area (Å²) in [7, 11) is -3.73. The van der Waals surface area contributed by atoms with Crippen molar-refractivity contribution >= 4 is 21.0 Å². The Bertz CT molecular complexity index is 807. The molecule has 100 valence electrons. The zero-order valence-corrected chi connectivity index (χ0v) is 11.0. The Hall–Kier alpha value is -1.96. The van der Waals surface area contributed by atoms with Crippen molar-refractivity contribution in [3.63, 3.8) is 0 Å². The number of nitrogens with zero attached hydrogens (tertiary/aromatic N) is 3. The molecule has 2 aromatic heterocycles. The number of aryl methyl sites for hydroxylation is 2. The summed E-state index contributed by atoms with van der Waals surface area (Å²) in [5.41, 5.74) is 1.75. The molecule has 0 aromatic carbocycles. The van der Waals surface area contributed by atoms with Crippen LogP contribution in [0.3, 0.4) is 0 Å². The summed E-state index contributed by atoms with van der Waals surface area (Å²) in [6.45, 7) is 0. The fraction of sp³-hybridized carbons (Fsp3) is 0.364. The van der Waals surface area contributed by atoms with E-state index in [4.69, 9.17) is 0 Å². The van der Waals surface area contributed by atoms with Gasteiger partial charge in [-0.25, -0.2) is 12.9 Å². The summed E-state index contributed by atoms with van der Waals surface area (Å²) in [6, 6.07) is 3.39. The van der Waals surface area contributed by atoms with Crippen LogP contribution in [0.15, 0.2) is 17.2 Å². The lowest BCUT2D eigenvalue weighted by atomic mass is 10.2. The highest BCUT2D eigenvalue weighted by Crippen LogP contribution is 2.32. The molecule has 1 aliphatic rings. The van der Waals surface area contributed by atoms with Gasteiger partial charge in [-0.05, 0) is 30.9 Å². The van der Waals surface area contributed by atoms with Crippen molar-refractivity contribution in [3.8, 4) is 0 Å². The van der Waals surface area contributed by atoms with Crippen LogP contribution in [0, 0.1) is 10.1 Å². The van der Waals surface area contributed by atoms with Gasteiger partial charge in [0.1, 0.15) is 5.52 Å². The van der Waals surface area contributed by atoms with Gasteiger partial charge in [-0.2, -0.15) is 0 Å². The van der Waals surface area contributed by atoms with Gasteiger partial charge < -0.3 is 0 Å². The third-order valence-electron chi connectivity index (χ3n) is 3.33. The molecule has 0 spiro atoms. The van der Waals surface area contributed by atoms with Crippen molar-refractivity contribution in [2.24, 2.45) is 0 Å². The van der Waals surface area contributed by atoms with E-state index in [1.54, 1.807) is 6.07 Å². The normalized spacial score (nSPS) is 14.8. The van der Waals surface area contributed by atoms with Crippen LogP contribution in [0.25, 0.3) is 5.52 Å². The molecule has 1 aliphatic carbocycles. The van der Waals surface area contributed by atoms with Crippen molar-refractivity contribution in [1.29, 1.82) is 0 Å². The van der Waals surface area contributed by atoms with Gasteiger partial charge in [-0.15, -0.1) is 5.10 Å². The van der Waals surface area contributed by atoms with Gasteiger partial charge >= 0.3 is 5.69 Å². The zero-order valence-electron chi connectivity index (χ0n) is 10.2. The van der Waals surface area contributed by atoms with Crippen molar-refractivity contribution in [2.45, 2.75) is 24.3 Å². The molecule has 0 radical (unpaired) electrons.